The highest BCUT2D eigenvalue weighted by Gasteiger charge is 2.63. The molecular formula is C17H20O6S. The molecule has 0 amide bonds. The van der Waals surface area contributed by atoms with E-state index in [9.17, 15) is 14.4 Å². The molecule has 3 rings (SSSR count). The first kappa shape index (κ1) is 17.1. The molecular weight excluding hydrogens is 332 g/mol. The molecule has 6 nitrogen and oxygen atoms in total. The van der Waals surface area contributed by atoms with E-state index >= 15 is 0 Å². The Balaban J connectivity index is 1.42. The second-order valence-corrected chi connectivity index (χ2v) is 7.37. The summed E-state index contributed by atoms with van der Waals surface area (Å²) in [7, 11) is 0. The Morgan fingerprint density at radius 3 is 2.92 bits per heavy atom. The van der Waals surface area contributed by atoms with Crippen LogP contribution in [0.5, 0.6) is 0 Å². The topological polar surface area (TPSA) is 78.9 Å². The molecule has 1 aliphatic heterocycles. The monoisotopic (exact) mass is 352 g/mol. The second kappa shape index (κ2) is 7.01. The SMILES string of the molecule is C=CCSCC(=C)C(=O)OCC(=O)OC1C2CC3C(=O)OC1C3C2. The fraction of sp³-hybridized carbons (Fsp3) is 0.588. The van der Waals surface area contributed by atoms with Crippen molar-refractivity contribution >= 4 is 29.7 Å². The summed E-state index contributed by atoms with van der Waals surface area (Å²) >= 11 is 1.48. The Labute approximate surface area is 144 Å². The molecule has 0 aromatic heterocycles. The maximum absolute atomic E-state index is 11.9. The number of thioether (sulfide) groups is 1. The van der Waals surface area contributed by atoms with E-state index in [0.29, 0.717) is 17.1 Å². The Bertz CT molecular complexity index is 586. The molecule has 2 bridgehead atoms. The number of rotatable bonds is 8. The van der Waals surface area contributed by atoms with Gasteiger partial charge in [-0.3, -0.25) is 4.79 Å². The van der Waals surface area contributed by atoms with Gasteiger partial charge in [-0.15, -0.1) is 6.58 Å². The summed E-state index contributed by atoms with van der Waals surface area (Å²) in [5, 5.41) is 0. The van der Waals surface area contributed by atoms with Gasteiger partial charge < -0.3 is 14.2 Å². The lowest BCUT2D eigenvalue weighted by molar-refractivity contribution is -0.168. The van der Waals surface area contributed by atoms with E-state index in [-0.39, 0.29) is 29.8 Å². The summed E-state index contributed by atoms with van der Waals surface area (Å²) in [4.78, 5) is 35.3. The number of hydrogen-bond acceptors (Lipinski definition) is 7. The van der Waals surface area contributed by atoms with Crippen LogP contribution in [0.2, 0.25) is 0 Å². The Morgan fingerprint density at radius 2 is 2.17 bits per heavy atom. The zero-order chi connectivity index (χ0) is 17.3. The van der Waals surface area contributed by atoms with Gasteiger partial charge in [0.05, 0.1) is 5.92 Å². The number of esters is 3. The largest absolute Gasteiger partial charge is 0.458 e. The highest BCUT2D eigenvalue weighted by molar-refractivity contribution is 7.99. The molecule has 3 aliphatic rings. The lowest BCUT2D eigenvalue weighted by atomic mass is 9.88. The van der Waals surface area contributed by atoms with E-state index in [4.69, 9.17) is 14.2 Å². The Hall–Kier alpha value is -1.76. The third-order valence-electron chi connectivity index (χ3n) is 4.80. The van der Waals surface area contributed by atoms with Gasteiger partial charge >= 0.3 is 17.9 Å². The van der Waals surface area contributed by atoms with Gasteiger partial charge in [0, 0.05) is 28.9 Å². The third kappa shape index (κ3) is 3.22. The van der Waals surface area contributed by atoms with Gasteiger partial charge in [-0.25, -0.2) is 9.59 Å². The van der Waals surface area contributed by atoms with Crippen molar-refractivity contribution in [2.45, 2.75) is 25.0 Å². The summed E-state index contributed by atoms with van der Waals surface area (Å²) in [6.45, 7) is 6.77. The number of carbonyl (C=O) groups is 3. The molecule has 0 aromatic rings. The Morgan fingerprint density at radius 1 is 1.38 bits per heavy atom. The summed E-state index contributed by atoms with van der Waals surface area (Å²) in [5.74, 6) is 0.0439. The van der Waals surface area contributed by atoms with Crippen molar-refractivity contribution < 1.29 is 28.6 Å². The van der Waals surface area contributed by atoms with Gasteiger partial charge in [-0.2, -0.15) is 11.8 Å². The van der Waals surface area contributed by atoms with Crippen LogP contribution in [0.4, 0.5) is 0 Å². The van der Waals surface area contributed by atoms with Gasteiger partial charge in [0.15, 0.2) is 6.61 Å². The first-order valence-electron chi connectivity index (χ1n) is 7.94. The molecule has 7 heteroatoms. The van der Waals surface area contributed by atoms with Crippen molar-refractivity contribution in [3.8, 4) is 0 Å². The Kier molecular flexibility index (Phi) is 4.99. The summed E-state index contributed by atoms with van der Waals surface area (Å²) in [6.07, 6.45) is 2.57. The zero-order valence-electron chi connectivity index (χ0n) is 13.3. The normalized spacial score (nSPS) is 32.3. The molecule has 1 heterocycles. The van der Waals surface area contributed by atoms with E-state index in [2.05, 4.69) is 13.2 Å². The first-order valence-corrected chi connectivity index (χ1v) is 9.10. The van der Waals surface area contributed by atoms with Gasteiger partial charge in [-0.05, 0) is 12.8 Å². The molecule has 5 atom stereocenters. The third-order valence-corrected chi connectivity index (χ3v) is 5.83. The quantitative estimate of drug-likeness (QED) is 0.215. The van der Waals surface area contributed by atoms with Crippen LogP contribution in [0.25, 0.3) is 0 Å². The number of ether oxygens (including phenoxy) is 3. The molecule has 3 fully saturated rings. The molecule has 24 heavy (non-hydrogen) atoms. The van der Waals surface area contributed by atoms with E-state index in [0.717, 1.165) is 12.8 Å². The van der Waals surface area contributed by atoms with E-state index < -0.39 is 24.6 Å². The van der Waals surface area contributed by atoms with Crippen molar-refractivity contribution in [1.82, 2.24) is 0 Å². The minimum absolute atomic E-state index is 0.0239. The standard InChI is InChI=1S/C17H20O6S/c1-3-4-24-8-9(2)16(19)21-7-13(18)22-14-10-5-11-12(6-10)17(20)23-15(11)14/h3,10-12,14-15H,1-2,4-8H2. The van der Waals surface area contributed by atoms with Crippen LogP contribution in [0.15, 0.2) is 24.8 Å². The van der Waals surface area contributed by atoms with Crippen LogP contribution in [-0.2, 0) is 28.6 Å². The van der Waals surface area contributed by atoms with E-state index in [1.165, 1.54) is 11.8 Å². The molecule has 5 unspecified atom stereocenters. The molecule has 0 aromatic carbocycles. The molecule has 0 N–H and O–H groups in total. The van der Waals surface area contributed by atoms with Gasteiger partial charge in [0.1, 0.15) is 12.2 Å². The van der Waals surface area contributed by atoms with Gasteiger partial charge in [0.25, 0.3) is 0 Å². The van der Waals surface area contributed by atoms with Gasteiger partial charge in [-0.1, -0.05) is 12.7 Å². The highest BCUT2D eigenvalue weighted by atomic mass is 32.2. The van der Waals surface area contributed by atoms with Crippen LogP contribution >= 0.6 is 11.8 Å². The number of carbonyl (C=O) groups excluding carboxylic acids is 3. The predicted molar refractivity (Wildman–Crippen MR) is 87.1 cm³/mol. The van der Waals surface area contributed by atoms with E-state index in [1.54, 1.807) is 6.08 Å². The first-order chi connectivity index (χ1) is 11.5. The minimum Gasteiger partial charge on any atom is -0.458 e. The van der Waals surface area contributed by atoms with Crippen LogP contribution in [-0.4, -0.2) is 48.2 Å². The van der Waals surface area contributed by atoms with Crippen molar-refractivity contribution in [2.75, 3.05) is 18.1 Å². The maximum atomic E-state index is 11.9. The van der Waals surface area contributed by atoms with Crippen molar-refractivity contribution in [1.29, 1.82) is 0 Å². The fourth-order valence-corrected chi connectivity index (χ4v) is 4.45. The van der Waals surface area contributed by atoms with Crippen molar-refractivity contribution in [3.05, 3.63) is 24.8 Å². The molecule has 2 saturated carbocycles. The summed E-state index contributed by atoms with van der Waals surface area (Å²) < 4.78 is 15.7. The summed E-state index contributed by atoms with van der Waals surface area (Å²) in [5.41, 5.74) is 0.294. The minimum atomic E-state index is -0.619. The highest BCUT2D eigenvalue weighted by Crippen LogP contribution is 2.55. The van der Waals surface area contributed by atoms with Crippen LogP contribution in [0, 0.1) is 17.8 Å². The smallest absolute Gasteiger partial charge is 0.344 e. The average Bonchev–Trinajstić information content (AvgIpc) is 3.17. The van der Waals surface area contributed by atoms with Gasteiger partial charge in [0.2, 0.25) is 0 Å². The van der Waals surface area contributed by atoms with Crippen LogP contribution in [0.1, 0.15) is 12.8 Å². The predicted octanol–water partition coefficient (Wildman–Crippen LogP) is 1.50. The summed E-state index contributed by atoms with van der Waals surface area (Å²) in [6, 6.07) is 0. The molecule has 2 aliphatic carbocycles. The van der Waals surface area contributed by atoms with Crippen molar-refractivity contribution in [2.24, 2.45) is 17.8 Å². The molecule has 0 radical (unpaired) electrons. The fourth-order valence-electron chi connectivity index (χ4n) is 3.80. The maximum Gasteiger partial charge on any atom is 0.344 e. The average molecular weight is 352 g/mol. The zero-order valence-corrected chi connectivity index (χ0v) is 14.1. The number of hydrogen-bond donors (Lipinski definition) is 0. The van der Waals surface area contributed by atoms with E-state index in [1.807, 2.05) is 0 Å². The van der Waals surface area contributed by atoms with Crippen LogP contribution < -0.4 is 0 Å². The van der Waals surface area contributed by atoms with Crippen molar-refractivity contribution in [3.63, 3.8) is 0 Å². The number of fused-ring (bicyclic) bond motifs is 1. The molecule has 130 valence electrons. The lowest BCUT2D eigenvalue weighted by Crippen LogP contribution is -2.37. The molecule has 0 spiro atoms. The lowest BCUT2D eigenvalue weighted by Gasteiger charge is -2.25. The second-order valence-electron chi connectivity index (χ2n) is 6.34. The molecule has 1 saturated heterocycles. The van der Waals surface area contributed by atoms with Crippen LogP contribution in [0.3, 0.4) is 0 Å².